The molecule has 1 amide bonds. The zero-order valence-electron chi connectivity index (χ0n) is 13.5. The van der Waals surface area contributed by atoms with Gasteiger partial charge < -0.3 is 9.64 Å². The normalized spacial score (nSPS) is 11.8. The maximum Gasteiger partial charge on any atom is 0.329 e. The van der Waals surface area contributed by atoms with E-state index in [-0.39, 0.29) is 12.5 Å². The monoisotopic (exact) mass is 332 g/mol. The summed E-state index contributed by atoms with van der Waals surface area (Å²) in [5, 5.41) is 2.52. The second kappa shape index (κ2) is 7.87. The van der Waals surface area contributed by atoms with Crippen molar-refractivity contribution in [2.75, 3.05) is 13.7 Å². The molecule has 0 aliphatic carbocycles. The van der Waals surface area contributed by atoms with Crippen LogP contribution in [0.3, 0.4) is 0 Å². The molecular weight excluding hydrogens is 312 g/mol. The number of carbonyl (C=O) groups is 2. The lowest BCUT2D eigenvalue weighted by atomic mass is 10.0. The third kappa shape index (κ3) is 4.39. The first kappa shape index (κ1) is 17.1. The average Bonchev–Trinajstić information content (AvgIpc) is 2.99. The molecule has 2 aromatic rings. The number of ether oxygens (including phenoxy) is 1. The van der Waals surface area contributed by atoms with Crippen LogP contribution in [-0.4, -0.2) is 41.5 Å². The number of hydrogen-bond acceptors (Lipinski definition) is 5. The lowest BCUT2D eigenvalue weighted by molar-refractivity contribution is -0.148. The van der Waals surface area contributed by atoms with Crippen molar-refractivity contribution in [3.63, 3.8) is 0 Å². The number of hydrogen-bond donors (Lipinski definition) is 0. The molecule has 2 rings (SSSR count). The van der Waals surface area contributed by atoms with Gasteiger partial charge in [-0.2, -0.15) is 0 Å². The van der Waals surface area contributed by atoms with Gasteiger partial charge in [-0.25, -0.2) is 9.78 Å². The van der Waals surface area contributed by atoms with Crippen LogP contribution in [0.15, 0.2) is 35.7 Å². The van der Waals surface area contributed by atoms with Gasteiger partial charge in [0.25, 0.3) is 5.91 Å². The summed E-state index contributed by atoms with van der Waals surface area (Å²) in [6.07, 6.45) is 0.408. The third-order valence-electron chi connectivity index (χ3n) is 3.46. The molecule has 23 heavy (non-hydrogen) atoms. The molecule has 0 aliphatic rings. The highest BCUT2D eigenvalue weighted by Gasteiger charge is 2.30. The summed E-state index contributed by atoms with van der Waals surface area (Å²) >= 11 is 1.41. The van der Waals surface area contributed by atoms with E-state index in [1.807, 2.05) is 37.3 Å². The Kier molecular flexibility index (Phi) is 5.87. The Hall–Kier alpha value is -2.21. The summed E-state index contributed by atoms with van der Waals surface area (Å²) in [4.78, 5) is 30.5. The fourth-order valence-electron chi connectivity index (χ4n) is 2.24. The molecule has 0 saturated carbocycles. The van der Waals surface area contributed by atoms with Gasteiger partial charge in [-0.3, -0.25) is 4.79 Å². The molecule has 1 atom stereocenters. The van der Waals surface area contributed by atoms with Crippen LogP contribution < -0.4 is 0 Å². The molecule has 1 aromatic carbocycles. The smallest absolute Gasteiger partial charge is 0.329 e. The zero-order valence-corrected chi connectivity index (χ0v) is 14.3. The van der Waals surface area contributed by atoms with Gasteiger partial charge in [-0.1, -0.05) is 30.3 Å². The van der Waals surface area contributed by atoms with Crippen molar-refractivity contribution in [2.24, 2.45) is 0 Å². The molecule has 122 valence electrons. The summed E-state index contributed by atoms with van der Waals surface area (Å²) in [5.41, 5.74) is 1.33. The van der Waals surface area contributed by atoms with Crippen molar-refractivity contribution >= 4 is 23.2 Å². The molecule has 0 bridgehead atoms. The van der Waals surface area contributed by atoms with Gasteiger partial charge in [0.15, 0.2) is 0 Å². The molecule has 0 spiro atoms. The second-order valence-electron chi connectivity index (χ2n) is 5.13. The number of benzene rings is 1. The molecule has 1 heterocycles. The van der Waals surface area contributed by atoms with E-state index >= 15 is 0 Å². The average molecular weight is 332 g/mol. The molecule has 0 N–H and O–H groups in total. The fraction of sp³-hybridized carbons (Fsp3) is 0.353. The molecule has 0 aliphatic heterocycles. The number of carbonyl (C=O) groups excluding carboxylic acids is 2. The Morgan fingerprint density at radius 2 is 2.00 bits per heavy atom. The number of rotatable bonds is 6. The number of thiazole rings is 1. The van der Waals surface area contributed by atoms with Crippen molar-refractivity contribution in [3.8, 4) is 0 Å². The van der Waals surface area contributed by atoms with Crippen molar-refractivity contribution in [3.05, 3.63) is 52.0 Å². The van der Waals surface area contributed by atoms with Gasteiger partial charge in [0.2, 0.25) is 0 Å². The van der Waals surface area contributed by atoms with Crippen LogP contribution in [0.5, 0.6) is 0 Å². The van der Waals surface area contributed by atoms with Gasteiger partial charge in [0.1, 0.15) is 11.7 Å². The first-order valence-corrected chi connectivity index (χ1v) is 8.30. The van der Waals surface area contributed by atoms with Crippen LogP contribution in [0.2, 0.25) is 0 Å². The maximum absolute atomic E-state index is 12.6. The zero-order chi connectivity index (χ0) is 16.8. The van der Waals surface area contributed by atoms with Gasteiger partial charge >= 0.3 is 5.97 Å². The Balaban J connectivity index is 2.21. The highest BCUT2D eigenvalue weighted by Crippen LogP contribution is 2.15. The Morgan fingerprint density at radius 3 is 2.57 bits per heavy atom. The Labute approximate surface area is 139 Å². The standard InChI is InChI=1S/C17H20N2O3S/c1-4-22-17(21)15(10-13-8-6-5-7-9-13)19(3)16(20)14-11-23-12(2)18-14/h5-9,11,15H,4,10H2,1-3H3. The second-order valence-corrected chi connectivity index (χ2v) is 6.19. The molecular formula is C17H20N2O3S. The van der Waals surface area contributed by atoms with E-state index in [2.05, 4.69) is 4.98 Å². The van der Waals surface area contributed by atoms with Gasteiger partial charge in [-0.05, 0) is 19.4 Å². The SMILES string of the molecule is CCOC(=O)C(Cc1ccccc1)N(C)C(=O)c1csc(C)n1. The van der Waals surface area contributed by atoms with Crippen molar-refractivity contribution in [1.29, 1.82) is 0 Å². The van der Waals surface area contributed by atoms with Crippen molar-refractivity contribution in [1.82, 2.24) is 9.88 Å². The topological polar surface area (TPSA) is 59.5 Å². The van der Waals surface area contributed by atoms with Crippen LogP contribution in [0, 0.1) is 6.92 Å². The van der Waals surface area contributed by atoms with Gasteiger partial charge in [0.05, 0.1) is 11.6 Å². The third-order valence-corrected chi connectivity index (χ3v) is 4.23. The van der Waals surface area contributed by atoms with Crippen LogP contribution in [0.25, 0.3) is 0 Å². The highest BCUT2D eigenvalue weighted by atomic mass is 32.1. The summed E-state index contributed by atoms with van der Waals surface area (Å²) < 4.78 is 5.14. The number of amides is 1. The first-order chi connectivity index (χ1) is 11.0. The largest absolute Gasteiger partial charge is 0.464 e. The predicted molar refractivity (Wildman–Crippen MR) is 89.5 cm³/mol. The van der Waals surface area contributed by atoms with E-state index < -0.39 is 12.0 Å². The minimum absolute atomic E-state index is 0.275. The van der Waals surface area contributed by atoms with Crippen LogP contribution in [0.1, 0.15) is 28.0 Å². The van der Waals surface area contributed by atoms with Gasteiger partial charge in [-0.15, -0.1) is 11.3 Å². The maximum atomic E-state index is 12.6. The van der Waals surface area contributed by atoms with Crippen molar-refractivity contribution < 1.29 is 14.3 Å². The number of esters is 1. The Morgan fingerprint density at radius 1 is 1.30 bits per heavy atom. The number of nitrogens with zero attached hydrogens (tertiary/aromatic N) is 2. The number of aryl methyl sites for hydroxylation is 1. The molecule has 0 saturated heterocycles. The van der Waals surface area contributed by atoms with Crippen LogP contribution >= 0.6 is 11.3 Å². The summed E-state index contributed by atoms with van der Waals surface area (Å²) in [5.74, 6) is -0.678. The lowest BCUT2D eigenvalue weighted by Gasteiger charge is -2.26. The van der Waals surface area contributed by atoms with Crippen LogP contribution in [-0.2, 0) is 16.0 Å². The van der Waals surface area contributed by atoms with Crippen molar-refractivity contribution in [2.45, 2.75) is 26.3 Å². The van der Waals surface area contributed by atoms with Gasteiger partial charge in [0, 0.05) is 18.8 Å². The molecule has 0 fully saturated rings. The van der Waals surface area contributed by atoms with E-state index in [4.69, 9.17) is 4.74 Å². The Bertz CT molecular complexity index is 669. The quantitative estimate of drug-likeness (QED) is 0.763. The highest BCUT2D eigenvalue weighted by molar-refractivity contribution is 7.09. The van der Waals surface area contributed by atoms with E-state index in [9.17, 15) is 9.59 Å². The fourth-order valence-corrected chi connectivity index (χ4v) is 2.82. The minimum Gasteiger partial charge on any atom is -0.464 e. The lowest BCUT2D eigenvalue weighted by Crippen LogP contribution is -2.45. The van der Waals surface area contributed by atoms with E-state index in [0.29, 0.717) is 12.1 Å². The van der Waals surface area contributed by atoms with E-state index in [1.165, 1.54) is 16.2 Å². The minimum atomic E-state index is -0.674. The molecule has 1 unspecified atom stereocenters. The predicted octanol–water partition coefficient (Wildman–Crippen LogP) is 2.70. The summed E-state index contributed by atoms with van der Waals surface area (Å²) in [6.45, 7) is 3.87. The summed E-state index contributed by atoms with van der Waals surface area (Å²) in [6, 6.07) is 8.91. The van der Waals surface area contributed by atoms with E-state index in [1.54, 1.807) is 19.4 Å². The molecule has 1 aromatic heterocycles. The van der Waals surface area contributed by atoms with Crippen LogP contribution in [0.4, 0.5) is 0 Å². The molecule has 5 nitrogen and oxygen atoms in total. The number of likely N-dealkylation sites (N-methyl/N-ethyl adjacent to an activating group) is 1. The number of aromatic nitrogens is 1. The first-order valence-electron chi connectivity index (χ1n) is 7.42. The summed E-state index contributed by atoms with van der Waals surface area (Å²) in [7, 11) is 1.61. The molecule has 6 heteroatoms. The van der Waals surface area contributed by atoms with E-state index in [0.717, 1.165) is 10.6 Å². The molecule has 0 radical (unpaired) electrons.